The Balaban J connectivity index is 2.19. The zero-order chi connectivity index (χ0) is 13.9. The van der Waals surface area contributed by atoms with E-state index >= 15 is 0 Å². The van der Waals surface area contributed by atoms with Crippen LogP contribution >= 0.6 is 0 Å². The van der Waals surface area contributed by atoms with Crippen molar-refractivity contribution in [2.75, 3.05) is 6.54 Å². The van der Waals surface area contributed by atoms with E-state index in [2.05, 4.69) is 10.0 Å². The number of benzene rings is 1. The third-order valence-corrected chi connectivity index (χ3v) is 4.91. The fourth-order valence-electron chi connectivity index (χ4n) is 2.34. The molecule has 104 valence electrons. The van der Waals surface area contributed by atoms with Crippen molar-refractivity contribution in [2.45, 2.75) is 36.6 Å². The lowest BCUT2D eigenvalue weighted by Crippen LogP contribution is -2.54. The summed E-state index contributed by atoms with van der Waals surface area (Å²) >= 11 is 0. The van der Waals surface area contributed by atoms with Gasteiger partial charge in [-0.25, -0.2) is 13.1 Å². The van der Waals surface area contributed by atoms with Crippen LogP contribution in [0, 0.1) is 0 Å². The van der Waals surface area contributed by atoms with Crippen LogP contribution in [0.4, 0.5) is 0 Å². The van der Waals surface area contributed by atoms with Gasteiger partial charge in [0.25, 0.3) is 15.9 Å². The minimum atomic E-state index is -3.78. The standard InChI is InChI=1S/C13H18N2O3S/c1-2-13(9-6-10-14-13)12(16)15-19(17,18)11-7-4-3-5-8-11/h3-5,7-8,14H,2,6,9-10H2,1H3,(H,15,16). The molecule has 0 aliphatic carbocycles. The topological polar surface area (TPSA) is 75.3 Å². The first-order chi connectivity index (χ1) is 9.00. The smallest absolute Gasteiger partial charge is 0.264 e. The van der Waals surface area contributed by atoms with Gasteiger partial charge in [-0.15, -0.1) is 0 Å². The third-order valence-electron chi connectivity index (χ3n) is 3.56. The maximum atomic E-state index is 12.2. The minimum Gasteiger partial charge on any atom is -0.303 e. The molecule has 0 bridgehead atoms. The average molecular weight is 282 g/mol. The van der Waals surface area contributed by atoms with E-state index in [0.29, 0.717) is 12.8 Å². The molecule has 0 radical (unpaired) electrons. The van der Waals surface area contributed by atoms with Crippen molar-refractivity contribution in [1.29, 1.82) is 0 Å². The van der Waals surface area contributed by atoms with E-state index in [1.54, 1.807) is 18.2 Å². The Kier molecular flexibility index (Phi) is 3.91. The molecule has 0 spiro atoms. The SMILES string of the molecule is CCC1(C(=O)NS(=O)(=O)c2ccccc2)CCCN1. The molecule has 2 N–H and O–H groups in total. The van der Waals surface area contributed by atoms with Crippen LogP contribution in [0.5, 0.6) is 0 Å². The zero-order valence-corrected chi connectivity index (χ0v) is 11.7. The monoisotopic (exact) mass is 282 g/mol. The van der Waals surface area contributed by atoms with Crippen LogP contribution in [0.25, 0.3) is 0 Å². The fraction of sp³-hybridized carbons (Fsp3) is 0.462. The lowest BCUT2D eigenvalue weighted by molar-refractivity contribution is -0.125. The summed E-state index contributed by atoms with van der Waals surface area (Å²) in [4.78, 5) is 12.3. The number of sulfonamides is 1. The second kappa shape index (κ2) is 5.30. The van der Waals surface area contributed by atoms with Crippen molar-refractivity contribution in [3.8, 4) is 0 Å². The van der Waals surface area contributed by atoms with Crippen LogP contribution < -0.4 is 10.0 Å². The van der Waals surface area contributed by atoms with Crippen molar-refractivity contribution >= 4 is 15.9 Å². The molecule has 1 aliphatic heterocycles. The summed E-state index contributed by atoms with van der Waals surface area (Å²) in [6.07, 6.45) is 2.12. The summed E-state index contributed by atoms with van der Waals surface area (Å²) in [5.74, 6) is -0.462. The Morgan fingerprint density at radius 2 is 2.05 bits per heavy atom. The van der Waals surface area contributed by atoms with Crippen LogP contribution in [0.3, 0.4) is 0 Å². The van der Waals surface area contributed by atoms with Crippen LogP contribution in [0.2, 0.25) is 0 Å². The highest BCUT2D eigenvalue weighted by Gasteiger charge is 2.40. The van der Waals surface area contributed by atoms with E-state index in [1.807, 2.05) is 6.92 Å². The quantitative estimate of drug-likeness (QED) is 0.864. The molecule has 1 aromatic carbocycles. The van der Waals surface area contributed by atoms with E-state index in [4.69, 9.17) is 0 Å². The Morgan fingerprint density at radius 3 is 2.58 bits per heavy atom. The molecule has 0 saturated carbocycles. The van der Waals surface area contributed by atoms with Gasteiger partial charge in [-0.05, 0) is 37.9 Å². The first-order valence-electron chi connectivity index (χ1n) is 6.37. The first kappa shape index (κ1) is 14.0. The number of carbonyl (C=O) groups excluding carboxylic acids is 1. The van der Waals surface area contributed by atoms with Crippen LogP contribution in [-0.4, -0.2) is 26.4 Å². The summed E-state index contributed by atoms with van der Waals surface area (Å²) in [5.41, 5.74) is -0.748. The Hall–Kier alpha value is -1.40. The van der Waals surface area contributed by atoms with E-state index < -0.39 is 21.5 Å². The molecule has 1 amide bonds. The Bertz CT molecular complexity index is 549. The second-order valence-electron chi connectivity index (χ2n) is 4.71. The number of hydrogen-bond donors (Lipinski definition) is 2. The van der Waals surface area contributed by atoms with Gasteiger partial charge in [0.05, 0.1) is 10.4 Å². The zero-order valence-electron chi connectivity index (χ0n) is 10.8. The molecule has 1 unspecified atom stereocenters. The molecule has 6 heteroatoms. The van der Waals surface area contributed by atoms with Gasteiger partial charge in [0, 0.05) is 0 Å². The molecule has 1 atom stereocenters. The van der Waals surface area contributed by atoms with Gasteiger partial charge in [0.15, 0.2) is 0 Å². The Morgan fingerprint density at radius 1 is 1.37 bits per heavy atom. The van der Waals surface area contributed by atoms with Crippen LogP contribution in [-0.2, 0) is 14.8 Å². The average Bonchev–Trinajstić information content (AvgIpc) is 2.89. The van der Waals surface area contributed by atoms with Gasteiger partial charge in [0.1, 0.15) is 0 Å². The lowest BCUT2D eigenvalue weighted by Gasteiger charge is -2.26. The summed E-state index contributed by atoms with van der Waals surface area (Å²) in [6.45, 7) is 2.62. The minimum absolute atomic E-state index is 0.104. The van der Waals surface area contributed by atoms with E-state index in [9.17, 15) is 13.2 Å². The third kappa shape index (κ3) is 2.79. The molecule has 1 aliphatic rings. The molecule has 1 saturated heterocycles. The largest absolute Gasteiger partial charge is 0.303 e. The van der Waals surface area contributed by atoms with Crippen molar-refractivity contribution in [2.24, 2.45) is 0 Å². The highest BCUT2D eigenvalue weighted by atomic mass is 32.2. The molecular formula is C13H18N2O3S. The highest BCUT2D eigenvalue weighted by Crippen LogP contribution is 2.23. The van der Waals surface area contributed by atoms with Gasteiger partial charge in [-0.3, -0.25) is 4.79 Å². The maximum absolute atomic E-state index is 12.2. The predicted molar refractivity (Wildman–Crippen MR) is 72.0 cm³/mol. The number of nitrogens with one attached hydrogen (secondary N) is 2. The normalized spacial score (nSPS) is 23.2. The lowest BCUT2D eigenvalue weighted by atomic mass is 9.94. The maximum Gasteiger partial charge on any atom is 0.264 e. The summed E-state index contributed by atoms with van der Waals surface area (Å²) in [6, 6.07) is 7.92. The van der Waals surface area contributed by atoms with Gasteiger partial charge < -0.3 is 5.32 Å². The number of amides is 1. The van der Waals surface area contributed by atoms with Gasteiger partial charge in [0.2, 0.25) is 0 Å². The Labute approximate surface area is 113 Å². The first-order valence-corrected chi connectivity index (χ1v) is 7.86. The van der Waals surface area contributed by atoms with Crippen molar-refractivity contribution < 1.29 is 13.2 Å². The molecule has 1 heterocycles. The van der Waals surface area contributed by atoms with Gasteiger partial charge >= 0.3 is 0 Å². The van der Waals surface area contributed by atoms with Gasteiger partial charge in [-0.1, -0.05) is 25.1 Å². The molecule has 0 aromatic heterocycles. The molecular weight excluding hydrogens is 264 g/mol. The molecule has 5 nitrogen and oxygen atoms in total. The second-order valence-corrected chi connectivity index (χ2v) is 6.40. The van der Waals surface area contributed by atoms with Crippen molar-refractivity contribution in [3.63, 3.8) is 0 Å². The highest BCUT2D eigenvalue weighted by molar-refractivity contribution is 7.90. The summed E-state index contributed by atoms with van der Waals surface area (Å²) in [5, 5.41) is 3.12. The van der Waals surface area contributed by atoms with Crippen molar-refractivity contribution in [1.82, 2.24) is 10.0 Å². The molecule has 19 heavy (non-hydrogen) atoms. The summed E-state index contributed by atoms with van der Waals surface area (Å²) in [7, 11) is -3.78. The predicted octanol–water partition coefficient (Wildman–Crippen LogP) is 1.02. The van der Waals surface area contributed by atoms with Crippen LogP contribution in [0.1, 0.15) is 26.2 Å². The number of hydrogen-bond acceptors (Lipinski definition) is 4. The fourth-order valence-corrected chi connectivity index (χ4v) is 3.41. The van der Waals surface area contributed by atoms with E-state index in [-0.39, 0.29) is 4.90 Å². The molecule has 1 aromatic rings. The van der Waals surface area contributed by atoms with Crippen LogP contribution in [0.15, 0.2) is 35.2 Å². The van der Waals surface area contributed by atoms with E-state index in [1.165, 1.54) is 12.1 Å². The summed E-state index contributed by atoms with van der Waals surface area (Å²) < 4.78 is 26.4. The molecule has 1 fully saturated rings. The number of rotatable bonds is 4. The van der Waals surface area contributed by atoms with E-state index in [0.717, 1.165) is 13.0 Å². The van der Waals surface area contributed by atoms with Crippen molar-refractivity contribution in [3.05, 3.63) is 30.3 Å². The number of carbonyl (C=O) groups is 1. The molecule has 2 rings (SSSR count). The van der Waals surface area contributed by atoms with Gasteiger partial charge in [-0.2, -0.15) is 0 Å².